The zero-order valence-corrected chi connectivity index (χ0v) is 19.1. The Bertz CT molecular complexity index is 1060. The summed E-state index contributed by atoms with van der Waals surface area (Å²) in [4.78, 5) is 23.8. The molecule has 0 spiro atoms. The molecule has 2 aromatic rings. The van der Waals surface area contributed by atoms with Gasteiger partial charge < -0.3 is 10.6 Å². The fourth-order valence-electron chi connectivity index (χ4n) is 2.76. The molecule has 0 saturated carbocycles. The van der Waals surface area contributed by atoms with E-state index in [1.165, 1.54) is 25.1 Å². The van der Waals surface area contributed by atoms with Crippen LogP contribution in [0.2, 0.25) is 5.02 Å². The first-order chi connectivity index (χ1) is 13.8. The summed E-state index contributed by atoms with van der Waals surface area (Å²) in [6.07, 6.45) is 0. The average Bonchev–Trinajstić information content (AvgIpc) is 2.59. The van der Waals surface area contributed by atoms with Crippen molar-refractivity contribution in [1.82, 2.24) is 10.0 Å². The number of sulfonamides is 1. The number of benzene rings is 2. The summed E-state index contributed by atoms with van der Waals surface area (Å²) < 4.78 is 27.8. The summed E-state index contributed by atoms with van der Waals surface area (Å²) in [5.41, 5.74) is 0.868. The van der Waals surface area contributed by atoms with Gasteiger partial charge in [-0.3, -0.25) is 9.59 Å². The highest BCUT2D eigenvalue weighted by atomic mass is 35.5. The first-order valence-corrected chi connectivity index (χ1v) is 11.2. The predicted octanol–water partition coefficient (Wildman–Crippen LogP) is 3.87. The lowest BCUT2D eigenvalue weighted by molar-refractivity contribution is -0.114. The topological polar surface area (TPSA) is 104 Å². The van der Waals surface area contributed by atoms with Gasteiger partial charge in [-0.25, -0.2) is 13.1 Å². The maximum absolute atomic E-state index is 12.7. The molecule has 0 aliphatic rings. The fraction of sp³-hybridized carbons (Fsp3) is 0.333. The molecule has 0 bridgehead atoms. The summed E-state index contributed by atoms with van der Waals surface area (Å²) in [5.74, 6) is -0.640. The number of anilines is 1. The van der Waals surface area contributed by atoms with Gasteiger partial charge in [-0.15, -0.1) is 0 Å². The highest BCUT2D eigenvalue weighted by molar-refractivity contribution is 7.89. The number of rotatable bonds is 6. The molecule has 2 rings (SSSR count). The molecule has 0 aromatic heterocycles. The number of carbonyl (C=O) groups excluding carboxylic acids is 2. The Labute approximate surface area is 182 Å². The molecule has 0 aliphatic heterocycles. The molecule has 30 heavy (non-hydrogen) atoms. The Kier molecular flexibility index (Phi) is 7.28. The molecule has 1 unspecified atom stereocenters. The highest BCUT2D eigenvalue weighted by Crippen LogP contribution is 2.25. The largest absolute Gasteiger partial charge is 0.346 e. The van der Waals surface area contributed by atoms with E-state index in [4.69, 9.17) is 11.6 Å². The maximum atomic E-state index is 12.7. The summed E-state index contributed by atoms with van der Waals surface area (Å²) in [7, 11) is -3.90. The average molecular weight is 452 g/mol. The van der Waals surface area contributed by atoms with Crippen LogP contribution >= 0.6 is 11.6 Å². The SMILES string of the molecule is CC(=O)Nc1cccc(C(C)NC(=O)c2ccc(Cl)c(S(=O)(=O)NC(C)(C)C)c2)c1. The summed E-state index contributed by atoms with van der Waals surface area (Å²) in [6, 6.07) is 10.8. The predicted molar refractivity (Wildman–Crippen MR) is 118 cm³/mol. The molecule has 0 fully saturated rings. The standard InChI is InChI=1S/C21H26ClN3O4S/c1-13(15-7-6-8-17(11-15)24-14(2)26)23-20(27)16-9-10-18(22)19(12-16)30(28,29)25-21(3,4)5/h6-13,25H,1-5H3,(H,23,27)(H,24,26). The van der Waals surface area contributed by atoms with E-state index in [1.807, 2.05) is 6.07 Å². The summed E-state index contributed by atoms with van der Waals surface area (Å²) in [5, 5.41) is 5.55. The van der Waals surface area contributed by atoms with Crippen molar-refractivity contribution in [1.29, 1.82) is 0 Å². The fourth-order valence-corrected chi connectivity index (χ4v) is 4.71. The number of halogens is 1. The molecule has 3 N–H and O–H groups in total. The van der Waals surface area contributed by atoms with E-state index < -0.39 is 21.5 Å². The van der Waals surface area contributed by atoms with Crippen LogP contribution in [-0.2, 0) is 14.8 Å². The van der Waals surface area contributed by atoms with Crippen LogP contribution in [0.5, 0.6) is 0 Å². The second-order valence-electron chi connectivity index (χ2n) is 8.00. The van der Waals surface area contributed by atoms with Gasteiger partial charge in [0.25, 0.3) is 5.91 Å². The van der Waals surface area contributed by atoms with E-state index in [2.05, 4.69) is 15.4 Å². The van der Waals surface area contributed by atoms with Crippen molar-refractivity contribution in [2.24, 2.45) is 0 Å². The second kappa shape index (κ2) is 9.16. The van der Waals surface area contributed by atoms with E-state index in [-0.39, 0.29) is 27.4 Å². The van der Waals surface area contributed by atoms with Gasteiger partial charge in [0, 0.05) is 23.7 Å². The normalized spacial score (nSPS) is 12.9. The number of carbonyl (C=O) groups is 2. The Hall–Kier alpha value is -2.42. The molecule has 7 nitrogen and oxygen atoms in total. The van der Waals surface area contributed by atoms with Gasteiger partial charge in [0.05, 0.1) is 11.1 Å². The molecule has 0 heterocycles. The van der Waals surface area contributed by atoms with Gasteiger partial charge in [-0.2, -0.15) is 0 Å². The molecule has 0 radical (unpaired) electrons. The van der Waals surface area contributed by atoms with E-state index >= 15 is 0 Å². The van der Waals surface area contributed by atoms with E-state index in [0.29, 0.717) is 5.69 Å². The Morgan fingerprint density at radius 2 is 1.73 bits per heavy atom. The third-order valence-corrected chi connectivity index (χ3v) is 6.22. The van der Waals surface area contributed by atoms with Crippen LogP contribution in [0.25, 0.3) is 0 Å². The van der Waals surface area contributed by atoms with Crippen molar-refractivity contribution in [3.63, 3.8) is 0 Å². The lowest BCUT2D eigenvalue weighted by atomic mass is 10.1. The molecular weight excluding hydrogens is 426 g/mol. The molecule has 0 aliphatic carbocycles. The summed E-state index contributed by atoms with van der Waals surface area (Å²) in [6.45, 7) is 8.35. The smallest absolute Gasteiger partial charge is 0.251 e. The first kappa shape index (κ1) is 23.9. The van der Waals surface area contributed by atoms with Gasteiger partial charge in [0.1, 0.15) is 4.90 Å². The van der Waals surface area contributed by atoms with Gasteiger partial charge >= 0.3 is 0 Å². The van der Waals surface area contributed by atoms with Crippen molar-refractivity contribution in [2.45, 2.75) is 51.1 Å². The van der Waals surface area contributed by atoms with Crippen LogP contribution in [0.4, 0.5) is 5.69 Å². The number of hydrogen-bond donors (Lipinski definition) is 3. The van der Waals surface area contributed by atoms with Gasteiger partial charge in [0.2, 0.25) is 15.9 Å². The number of amides is 2. The van der Waals surface area contributed by atoms with Crippen molar-refractivity contribution in [3.05, 3.63) is 58.6 Å². The highest BCUT2D eigenvalue weighted by Gasteiger charge is 2.25. The van der Waals surface area contributed by atoms with Crippen molar-refractivity contribution < 1.29 is 18.0 Å². The maximum Gasteiger partial charge on any atom is 0.251 e. The third-order valence-electron chi connectivity index (χ3n) is 3.98. The van der Waals surface area contributed by atoms with Crippen LogP contribution in [0.3, 0.4) is 0 Å². The van der Waals surface area contributed by atoms with Crippen molar-refractivity contribution in [2.75, 3.05) is 5.32 Å². The minimum Gasteiger partial charge on any atom is -0.346 e. The Balaban J connectivity index is 2.25. The first-order valence-electron chi connectivity index (χ1n) is 9.30. The van der Waals surface area contributed by atoms with Crippen LogP contribution in [0.1, 0.15) is 56.6 Å². The van der Waals surface area contributed by atoms with Crippen molar-refractivity contribution in [3.8, 4) is 0 Å². The Morgan fingerprint density at radius 1 is 1.07 bits per heavy atom. The second-order valence-corrected chi connectivity index (χ2v) is 10.1. The minimum absolute atomic E-state index is 0.0272. The molecular formula is C21H26ClN3O4S. The van der Waals surface area contributed by atoms with E-state index in [1.54, 1.807) is 45.9 Å². The van der Waals surface area contributed by atoms with Crippen LogP contribution in [0.15, 0.2) is 47.4 Å². The Morgan fingerprint density at radius 3 is 2.33 bits per heavy atom. The third kappa shape index (κ3) is 6.55. The van der Waals surface area contributed by atoms with Gasteiger partial charge in [-0.1, -0.05) is 23.7 Å². The zero-order valence-electron chi connectivity index (χ0n) is 17.5. The van der Waals surface area contributed by atoms with Crippen molar-refractivity contribution >= 4 is 39.1 Å². The quantitative estimate of drug-likeness (QED) is 0.620. The summed E-state index contributed by atoms with van der Waals surface area (Å²) >= 11 is 6.09. The lowest BCUT2D eigenvalue weighted by Crippen LogP contribution is -2.40. The molecule has 162 valence electrons. The molecule has 0 saturated heterocycles. The number of nitrogens with one attached hydrogen (secondary N) is 3. The van der Waals surface area contributed by atoms with Gasteiger partial charge in [0.15, 0.2) is 0 Å². The number of hydrogen-bond acceptors (Lipinski definition) is 4. The molecule has 1 atom stereocenters. The van der Waals surface area contributed by atoms with Gasteiger partial charge in [-0.05, 0) is 63.6 Å². The van der Waals surface area contributed by atoms with E-state index in [9.17, 15) is 18.0 Å². The lowest BCUT2D eigenvalue weighted by Gasteiger charge is -2.21. The molecule has 2 amide bonds. The molecule has 9 heteroatoms. The van der Waals surface area contributed by atoms with Crippen LogP contribution < -0.4 is 15.4 Å². The minimum atomic E-state index is -3.90. The van der Waals surface area contributed by atoms with Crippen LogP contribution in [-0.4, -0.2) is 25.8 Å². The van der Waals surface area contributed by atoms with E-state index in [0.717, 1.165) is 5.56 Å². The zero-order chi connectivity index (χ0) is 22.7. The molecule has 2 aromatic carbocycles. The van der Waals surface area contributed by atoms with Crippen LogP contribution in [0, 0.1) is 0 Å². The monoisotopic (exact) mass is 451 g/mol.